The van der Waals surface area contributed by atoms with Crippen LogP contribution in [-0.4, -0.2) is 28.2 Å². The summed E-state index contributed by atoms with van der Waals surface area (Å²) in [5.41, 5.74) is 3.41. The molecule has 2 aromatic rings. The molecule has 0 aliphatic rings. The number of benzene rings is 1. The van der Waals surface area contributed by atoms with Gasteiger partial charge in [0.15, 0.2) is 0 Å². The number of rotatable bonds is 5. The smallest absolute Gasteiger partial charge is 0.135 e. The van der Waals surface area contributed by atoms with E-state index in [1.54, 1.807) is 0 Å². The van der Waals surface area contributed by atoms with Gasteiger partial charge in [-0.15, -0.1) is 0 Å². The van der Waals surface area contributed by atoms with Crippen molar-refractivity contribution in [3.63, 3.8) is 0 Å². The maximum Gasteiger partial charge on any atom is 0.135 e. The molecule has 0 unspecified atom stereocenters. The number of anilines is 3. The number of aryl methyl sites for hydroxylation is 2. The number of hydrogen-bond donors (Lipinski definition) is 3. The SMILES string of the molecule is Cc1cc(C)cc(Nc2cc(NCCO)ncn2)c1. The summed E-state index contributed by atoms with van der Waals surface area (Å²) < 4.78 is 0. The highest BCUT2D eigenvalue weighted by atomic mass is 16.3. The van der Waals surface area contributed by atoms with Gasteiger partial charge in [-0.3, -0.25) is 0 Å². The van der Waals surface area contributed by atoms with Crippen LogP contribution >= 0.6 is 0 Å². The standard InChI is InChI=1S/C14H18N4O/c1-10-5-11(2)7-12(6-10)18-14-8-13(15-3-4-19)16-9-17-14/h5-9,19H,3-4H2,1-2H3,(H2,15,16,17,18). The molecule has 0 bridgehead atoms. The molecule has 1 aromatic heterocycles. The lowest BCUT2D eigenvalue weighted by molar-refractivity contribution is 0.311. The molecular formula is C14H18N4O. The van der Waals surface area contributed by atoms with Gasteiger partial charge in [-0.05, 0) is 37.1 Å². The van der Waals surface area contributed by atoms with Crippen LogP contribution in [0.5, 0.6) is 0 Å². The van der Waals surface area contributed by atoms with E-state index < -0.39 is 0 Å². The van der Waals surface area contributed by atoms with Crippen molar-refractivity contribution in [3.8, 4) is 0 Å². The van der Waals surface area contributed by atoms with E-state index in [1.807, 2.05) is 6.07 Å². The Morgan fingerprint density at radius 3 is 2.37 bits per heavy atom. The molecular weight excluding hydrogens is 240 g/mol. The van der Waals surface area contributed by atoms with Gasteiger partial charge < -0.3 is 15.7 Å². The third kappa shape index (κ3) is 3.93. The summed E-state index contributed by atoms with van der Waals surface area (Å²) in [6.07, 6.45) is 1.49. The Balaban J connectivity index is 2.13. The molecule has 0 aliphatic heterocycles. The maximum absolute atomic E-state index is 8.77. The van der Waals surface area contributed by atoms with Crippen LogP contribution in [0.2, 0.25) is 0 Å². The first-order chi connectivity index (χ1) is 9.17. The number of aromatic nitrogens is 2. The minimum Gasteiger partial charge on any atom is -0.395 e. The first kappa shape index (κ1) is 13.3. The topological polar surface area (TPSA) is 70.1 Å². The molecule has 0 spiro atoms. The minimum atomic E-state index is 0.0733. The Hall–Kier alpha value is -2.14. The minimum absolute atomic E-state index is 0.0733. The second-order valence-corrected chi connectivity index (χ2v) is 4.44. The second-order valence-electron chi connectivity index (χ2n) is 4.44. The molecule has 19 heavy (non-hydrogen) atoms. The van der Waals surface area contributed by atoms with Crippen LogP contribution in [0.15, 0.2) is 30.6 Å². The first-order valence-electron chi connectivity index (χ1n) is 6.19. The van der Waals surface area contributed by atoms with Gasteiger partial charge in [0.1, 0.15) is 18.0 Å². The summed E-state index contributed by atoms with van der Waals surface area (Å²) in [7, 11) is 0. The Bertz CT molecular complexity index is 537. The predicted molar refractivity (Wildman–Crippen MR) is 76.8 cm³/mol. The summed E-state index contributed by atoms with van der Waals surface area (Å²) in [5, 5.41) is 15.0. The normalized spacial score (nSPS) is 10.3. The summed E-state index contributed by atoms with van der Waals surface area (Å²) in [4.78, 5) is 8.26. The molecule has 0 amide bonds. The first-order valence-corrected chi connectivity index (χ1v) is 6.19. The third-order valence-electron chi connectivity index (χ3n) is 2.58. The molecule has 0 radical (unpaired) electrons. The summed E-state index contributed by atoms with van der Waals surface area (Å²) in [6.45, 7) is 4.67. The third-order valence-corrected chi connectivity index (χ3v) is 2.58. The Kier molecular flexibility index (Phi) is 4.30. The fraction of sp³-hybridized carbons (Fsp3) is 0.286. The molecule has 0 aliphatic carbocycles. The Morgan fingerprint density at radius 2 is 1.68 bits per heavy atom. The summed E-state index contributed by atoms with van der Waals surface area (Å²) in [6, 6.07) is 8.07. The van der Waals surface area contributed by atoms with Gasteiger partial charge >= 0.3 is 0 Å². The highest BCUT2D eigenvalue weighted by Crippen LogP contribution is 2.19. The van der Waals surface area contributed by atoms with E-state index in [4.69, 9.17) is 5.11 Å². The fourth-order valence-electron chi connectivity index (χ4n) is 1.90. The van der Waals surface area contributed by atoms with E-state index in [1.165, 1.54) is 17.5 Å². The monoisotopic (exact) mass is 258 g/mol. The van der Waals surface area contributed by atoms with Crippen LogP contribution in [0.1, 0.15) is 11.1 Å². The van der Waals surface area contributed by atoms with Crippen LogP contribution in [0.25, 0.3) is 0 Å². The van der Waals surface area contributed by atoms with Crippen molar-refractivity contribution in [2.24, 2.45) is 0 Å². The van der Waals surface area contributed by atoms with Crippen molar-refractivity contribution in [1.29, 1.82) is 0 Å². The average molecular weight is 258 g/mol. The van der Waals surface area contributed by atoms with Gasteiger partial charge in [0.05, 0.1) is 6.61 Å². The number of hydrogen-bond acceptors (Lipinski definition) is 5. The van der Waals surface area contributed by atoms with Crippen molar-refractivity contribution in [1.82, 2.24) is 9.97 Å². The molecule has 1 aromatic carbocycles. The highest BCUT2D eigenvalue weighted by Gasteiger charge is 2.00. The van der Waals surface area contributed by atoms with Crippen molar-refractivity contribution in [3.05, 3.63) is 41.7 Å². The molecule has 0 fully saturated rings. The number of nitrogens with one attached hydrogen (secondary N) is 2. The molecule has 1 heterocycles. The molecule has 0 saturated carbocycles. The number of aliphatic hydroxyl groups is 1. The largest absolute Gasteiger partial charge is 0.395 e. The predicted octanol–water partition coefficient (Wildman–Crippen LogP) is 2.24. The summed E-state index contributed by atoms with van der Waals surface area (Å²) >= 11 is 0. The summed E-state index contributed by atoms with van der Waals surface area (Å²) in [5.74, 6) is 1.41. The Labute approximate surface area is 112 Å². The van der Waals surface area contributed by atoms with Crippen LogP contribution in [0.3, 0.4) is 0 Å². The van der Waals surface area contributed by atoms with Gasteiger partial charge in [0.2, 0.25) is 0 Å². The lowest BCUT2D eigenvalue weighted by atomic mass is 10.1. The zero-order valence-corrected chi connectivity index (χ0v) is 11.1. The van der Waals surface area contributed by atoms with E-state index >= 15 is 0 Å². The van der Waals surface area contributed by atoms with Gasteiger partial charge in [-0.2, -0.15) is 0 Å². The van der Waals surface area contributed by atoms with E-state index in [9.17, 15) is 0 Å². The molecule has 5 nitrogen and oxygen atoms in total. The zero-order valence-electron chi connectivity index (χ0n) is 11.1. The average Bonchev–Trinajstić information content (AvgIpc) is 2.35. The Morgan fingerprint density at radius 1 is 1.00 bits per heavy atom. The van der Waals surface area contributed by atoms with Crippen LogP contribution in [-0.2, 0) is 0 Å². The molecule has 0 atom stereocenters. The number of nitrogens with zero attached hydrogens (tertiary/aromatic N) is 2. The van der Waals surface area contributed by atoms with Gasteiger partial charge in [-0.1, -0.05) is 6.07 Å². The van der Waals surface area contributed by atoms with Crippen molar-refractivity contribution in [2.75, 3.05) is 23.8 Å². The number of aliphatic hydroxyl groups excluding tert-OH is 1. The van der Waals surface area contributed by atoms with E-state index in [2.05, 4.69) is 52.6 Å². The molecule has 5 heteroatoms. The van der Waals surface area contributed by atoms with E-state index in [0.717, 1.165) is 11.5 Å². The van der Waals surface area contributed by atoms with E-state index in [0.29, 0.717) is 12.4 Å². The lowest BCUT2D eigenvalue weighted by Gasteiger charge is -2.09. The maximum atomic E-state index is 8.77. The molecule has 2 rings (SSSR count). The zero-order chi connectivity index (χ0) is 13.7. The quantitative estimate of drug-likeness (QED) is 0.767. The van der Waals surface area contributed by atoms with Gasteiger partial charge in [0, 0.05) is 18.3 Å². The fourth-order valence-corrected chi connectivity index (χ4v) is 1.90. The van der Waals surface area contributed by atoms with Crippen molar-refractivity contribution < 1.29 is 5.11 Å². The van der Waals surface area contributed by atoms with Crippen LogP contribution in [0, 0.1) is 13.8 Å². The van der Waals surface area contributed by atoms with E-state index in [-0.39, 0.29) is 6.61 Å². The van der Waals surface area contributed by atoms with Crippen LogP contribution in [0.4, 0.5) is 17.3 Å². The highest BCUT2D eigenvalue weighted by molar-refractivity contribution is 5.60. The van der Waals surface area contributed by atoms with Crippen molar-refractivity contribution >= 4 is 17.3 Å². The molecule has 100 valence electrons. The molecule has 0 saturated heterocycles. The van der Waals surface area contributed by atoms with Crippen LogP contribution < -0.4 is 10.6 Å². The lowest BCUT2D eigenvalue weighted by Crippen LogP contribution is -2.07. The van der Waals surface area contributed by atoms with Crippen molar-refractivity contribution in [2.45, 2.75) is 13.8 Å². The van der Waals surface area contributed by atoms with Gasteiger partial charge in [0.25, 0.3) is 0 Å². The second kappa shape index (κ2) is 6.15. The molecule has 3 N–H and O–H groups in total. The van der Waals surface area contributed by atoms with Gasteiger partial charge in [-0.25, -0.2) is 9.97 Å².